The van der Waals surface area contributed by atoms with E-state index in [0.29, 0.717) is 0 Å². The van der Waals surface area contributed by atoms with Crippen molar-refractivity contribution < 1.29 is 0 Å². The summed E-state index contributed by atoms with van der Waals surface area (Å²) in [6, 6.07) is 71.0. The highest BCUT2D eigenvalue weighted by molar-refractivity contribution is 5.99. The van der Waals surface area contributed by atoms with E-state index in [-0.39, 0.29) is 5.41 Å². The Labute approximate surface area is 312 Å². The summed E-state index contributed by atoms with van der Waals surface area (Å²) in [5.74, 6) is 0. The molecule has 0 unspecified atom stereocenters. The average molecular weight is 681 g/mol. The average Bonchev–Trinajstić information content (AvgIpc) is 3.83. The van der Waals surface area contributed by atoms with Crippen molar-refractivity contribution in [1.29, 1.82) is 0 Å². The number of hydrogen-bond acceptors (Lipinski definition) is 2. The first kappa shape index (κ1) is 31.4. The van der Waals surface area contributed by atoms with Crippen LogP contribution in [0.5, 0.6) is 0 Å². The van der Waals surface area contributed by atoms with E-state index in [4.69, 9.17) is 0 Å². The summed E-state index contributed by atoms with van der Waals surface area (Å²) in [6.45, 7) is 0. The number of nitrogens with zero attached hydrogens (tertiary/aromatic N) is 2. The zero-order valence-corrected chi connectivity index (χ0v) is 29.7. The van der Waals surface area contributed by atoms with Crippen molar-refractivity contribution in [1.82, 2.24) is 0 Å². The summed E-state index contributed by atoms with van der Waals surface area (Å²) in [4.78, 5) is 4.78. The van der Waals surface area contributed by atoms with Gasteiger partial charge in [0, 0.05) is 39.2 Å². The molecule has 8 aromatic carbocycles. The predicted octanol–water partition coefficient (Wildman–Crippen LogP) is 14.3. The molecule has 0 aliphatic heterocycles. The third kappa shape index (κ3) is 5.33. The van der Waals surface area contributed by atoms with Gasteiger partial charge in [0.1, 0.15) is 0 Å². The molecule has 10 rings (SSSR count). The zero-order chi connectivity index (χ0) is 35.2. The van der Waals surface area contributed by atoms with E-state index in [9.17, 15) is 0 Å². The molecule has 2 nitrogen and oxygen atoms in total. The van der Waals surface area contributed by atoms with Crippen molar-refractivity contribution in [3.05, 3.63) is 205 Å². The third-order valence-electron chi connectivity index (χ3n) is 11.6. The minimum Gasteiger partial charge on any atom is -0.310 e. The SMILES string of the molecule is c1ccc(N(c2ccc(-c3ccc(N(c4ccccc4)c4cccc5ccccc45)cc3)cc2)c2ccc3c(c2)C2(CCCC2)c2ccccc2-3)cc1. The number of hydrogen-bond donors (Lipinski definition) is 0. The van der Waals surface area contributed by atoms with Crippen molar-refractivity contribution >= 4 is 44.9 Å². The van der Waals surface area contributed by atoms with E-state index in [2.05, 4.69) is 204 Å². The first-order valence-corrected chi connectivity index (χ1v) is 18.9. The first-order chi connectivity index (χ1) is 26.3. The Bertz CT molecular complexity index is 2540. The largest absolute Gasteiger partial charge is 0.310 e. The van der Waals surface area contributed by atoms with E-state index in [1.807, 2.05) is 0 Å². The van der Waals surface area contributed by atoms with Gasteiger partial charge in [0.05, 0.1) is 5.69 Å². The fourth-order valence-electron chi connectivity index (χ4n) is 9.14. The van der Waals surface area contributed by atoms with Gasteiger partial charge in [-0.2, -0.15) is 0 Å². The fraction of sp³-hybridized carbons (Fsp3) is 0.0980. The highest BCUT2D eigenvalue weighted by Gasteiger charge is 2.45. The number of para-hydroxylation sites is 2. The molecule has 2 heteroatoms. The van der Waals surface area contributed by atoms with Gasteiger partial charge in [0.25, 0.3) is 0 Å². The monoisotopic (exact) mass is 680 g/mol. The van der Waals surface area contributed by atoms with Crippen molar-refractivity contribution in [3.63, 3.8) is 0 Å². The molecule has 1 saturated carbocycles. The Morgan fingerprint density at radius 2 is 0.868 bits per heavy atom. The molecule has 0 bridgehead atoms. The van der Waals surface area contributed by atoms with Crippen molar-refractivity contribution in [2.75, 3.05) is 9.80 Å². The molecule has 0 saturated heterocycles. The van der Waals surface area contributed by atoms with Crippen LogP contribution in [0.2, 0.25) is 0 Å². The van der Waals surface area contributed by atoms with Crippen LogP contribution in [-0.2, 0) is 5.41 Å². The molecule has 0 atom stereocenters. The third-order valence-corrected chi connectivity index (χ3v) is 11.6. The maximum absolute atomic E-state index is 2.49. The summed E-state index contributed by atoms with van der Waals surface area (Å²) in [6.07, 6.45) is 5.03. The normalized spacial score (nSPS) is 13.9. The Kier molecular flexibility index (Phi) is 7.69. The highest BCUT2D eigenvalue weighted by Crippen LogP contribution is 2.57. The smallest absolute Gasteiger partial charge is 0.0540 e. The van der Waals surface area contributed by atoms with Crippen LogP contribution >= 0.6 is 0 Å². The fourth-order valence-corrected chi connectivity index (χ4v) is 9.14. The van der Waals surface area contributed by atoms with Crippen LogP contribution in [0.1, 0.15) is 36.8 Å². The van der Waals surface area contributed by atoms with Crippen LogP contribution in [0.15, 0.2) is 194 Å². The highest BCUT2D eigenvalue weighted by atomic mass is 15.1. The summed E-state index contributed by atoms with van der Waals surface area (Å²) < 4.78 is 0. The maximum atomic E-state index is 2.49. The lowest BCUT2D eigenvalue weighted by Gasteiger charge is -2.30. The molecule has 254 valence electrons. The lowest BCUT2D eigenvalue weighted by Crippen LogP contribution is -2.21. The second kappa shape index (κ2) is 13.0. The minimum atomic E-state index is 0.129. The number of fused-ring (bicyclic) bond motifs is 6. The molecule has 2 aliphatic carbocycles. The zero-order valence-electron chi connectivity index (χ0n) is 29.7. The maximum Gasteiger partial charge on any atom is 0.0540 e. The summed E-state index contributed by atoms with van der Waals surface area (Å²) in [5, 5.41) is 2.46. The second-order valence-electron chi connectivity index (χ2n) is 14.5. The molecule has 8 aromatic rings. The lowest BCUT2D eigenvalue weighted by atomic mass is 9.76. The molecule has 2 aliphatic rings. The second-order valence-corrected chi connectivity index (χ2v) is 14.5. The van der Waals surface area contributed by atoms with Gasteiger partial charge >= 0.3 is 0 Å². The van der Waals surface area contributed by atoms with Gasteiger partial charge < -0.3 is 9.80 Å². The summed E-state index contributed by atoms with van der Waals surface area (Å²) >= 11 is 0. The molecular formula is C51H40N2. The Hall–Kier alpha value is -6.38. The molecule has 0 radical (unpaired) electrons. The molecule has 0 heterocycles. The van der Waals surface area contributed by atoms with E-state index >= 15 is 0 Å². The predicted molar refractivity (Wildman–Crippen MR) is 223 cm³/mol. The van der Waals surface area contributed by atoms with Crippen molar-refractivity contribution in [2.45, 2.75) is 31.1 Å². The number of rotatable bonds is 7. The van der Waals surface area contributed by atoms with E-state index < -0.39 is 0 Å². The molecule has 1 spiro atoms. The van der Waals surface area contributed by atoms with Gasteiger partial charge in [0.2, 0.25) is 0 Å². The Morgan fingerprint density at radius 3 is 1.57 bits per heavy atom. The van der Waals surface area contributed by atoms with Gasteiger partial charge in [-0.1, -0.05) is 140 Å². The number of benzene rings is 8. The Balaban J connectivity index is 1.00. The quantitative estimate of drug-likeness (QED) is 0.165. The van der Waals surface area contributed by atoms with Gasteiger partial charge in [-0.3, -0.25) is 0 Å². The first-order valence-electron chi connectivity index (χ1n) is 18.9. The van der Waals surface area contributed by atoms with Crippen LogP contribution < -0.4 is 9.80 Å². The van der Waals surface area contributed by atoms with Crippen LogP contribution in [0.25, 0.3) is 33.0 Å². The van der Waals surface area contributed by atoms with Gasteiger partial charge in [-0.25, -0.2) is 0 Å². The molecule has 0 aromatic heterocycles. The lowest BCUT2D eigenvalue weighted by molar-refractivity contribution is 0.550. The standard InChI is InChI=1S/C51H40N2/c1-3-16-40(17-4-1)52(44-32-33-47-46-21-9-10-22-48(46)51(49(47)36-44)34-11-12-35-51)42-28-24-37(25-29-42)38-26-30-43(31-27-38)53(41-18-5-2-6-19-41)50-23-13-15-39-14-7-8-20-45(39)50/h1-10,13-33,36H,11-12,34-35H2. The molecular weight excluding hydrogens is 641 g/mol. The van der Waals surface area contributed by atoms with Crippen LogP contribution in [0, 0.1) is 0 Å². The minimum absolute atomic E-state index is 0.129. The number of anilines is 6. The Morgan fingerprint density at radius 1 is 0.358 bits per heavy atom. The van der Waals surface area contributed by atoms with Crippen LogP contribution in [-0.4, -0.2) is 0 Å². The van der Waals surface area contributed by atoms with Crippen LogP contribution in [0.3, 0.4) is 0 Å². The van der Waals surface area contributed by atoms with Crippen LogP contribution in [0.4, 0.5) is 34.1 Å². The molecule has 1 fully saturated rings. The van der Waals surface area contributed by atoms with Gasteiger partial charge in [-0.15, -0.1) is 0 Å². The molecule has 53 heavy (non-hydrogen) atoms. The van der Waals surface area contributed by atoms with Crippen molar-refractivity contribution in [2.24, 2.45) is 0 Å². The molecule has 0 N–H and O–H groups in total. The summed E-state index contributed by atoms with van der Waals surface area (Å²) in [5.41, 5.74) is 15.3. The van der Waals surface area contributed by atoms with E-state index in [1.165, 1.54) is 81.2 Å². The van der Waals surface area contributed by atoms with E-state index in [0.717, 1.165) is 22.7 Å². The molecule has 0 amide bonds. The summed E-state index contributed by atoms with van der Waals surface area (Å²) in [7, 11) is 0. The topological polar surface area (TPSA) is 6.48 Å². The van der Waals surface area contributed by atoms with Crippen molar-refractivity contribution in [3.8, 4) is 22.3 Å². The van der Waals surface area contributed by atoms with Gasteiger partial charge in [0.15, 0.2) is 0 Å². The van der Waals surface area contributed by atoms with Gasteiger partial charge in [-0.05, 0) is 118 Å². The van der Waals surface area contributed by atoms with E-state index in [1.54, 1.807) is 0 Å².